The summed E-state index contributed by atoms with van der Waals surface area (Å²) in [6, 6.07) is 5.59. The van der Waals surface area contributed by atoms with Crippen LogP contribution in [0.2, 0.25) is 0 Å². The maximum Gasteiger partial charge on any atom is 0.414 e. The maximum atomic E-state index is 12.1. The zero-order chi connectivity index (χ0) is 17.1. The number of nitrogens with zero attached hydrogens (tertiary/aromatic N) is 2. The van der Waals surface area contributed by atoms with Crippen LogP contribution in [0.3, 0.4) is 0 Å². The average molecular weight is 331 g/mol. The summed E-state index contributed by atoms with van der Waals surface area (Å²) in [5.74, 6) is -0.0655. The average Bonchev–Trinajstić information content (AvgIpc) is 2.96. The van der Waals surface area contributed by atoms with E-state index >= 15 is 0 Å². The zero-order valence-electron chi connectivity index (χ0n) is 13.6. The van der Waals surface area contributed by atoms with Crippen LogP contribution in [-0.4, -0.2) is 51.0 Å². The van der Waals surface area contributed by atoms with E-state index in [1.54, 1.807) is 9.80 Å². The van der Waals surface area contributed by atoms with Crippen LogP contribution >= 0.6 is 0 Å². The first kappa shape index (κ1) is 16.5. The van der Waals surface area contributed by atoms with Crippen molar-refractivity contribution in [3.05, 3.63) is 29.8 Å². The second-order valence-electron chi connectivity index (χ2n) is 5.69. The Morgan fingerprint density at radius 3 is 2.83 bits per heavy atom. The van der Waals surface area contributed by atoms with Crippen LogP contribution in [-0.2, 0) is 14.3 Å². The third-order valence-electron chi connectivity index (χ3n) is 4.08. The number of ether oxygens (including phenoxy) is 2. The zero-order valence-corrected chi connectivity index (χ0v) is 13.6. The molecular formula is C17H21N3O4. The van der Waals surface area contributed by atoms with Crippen molar-refractivity contribution in [1.29, 1.82) is 0 Å². The Hall–Kier alpha value is -2.38. The summed E-state index contributed by atoms with van der Waals surface area (Å²) < 4.78 is 10.4. The smallest absolute Gasteiger partial charge is 0.414 e. The number of benzene rings is 1. The fraction of sp³-hybridized carbons (Fsp3) is 0.412. The van der Waals surface area contributed by atoms with Crippen molar-refractivity contribution in [3.8, 4) is 0 Å². The Morgan fingerprint density at radius 1 is 1.33 bits per heavy atom. The van der Waals surface area contributed by atoms with E-state index < -0.39 is 6.09 Å². The maximum absolute atomic E-state index is 12.1. The lowest BCUT2D eigenvalue weighted by Gasteiger charge is -2.28. The van der Waals surface area contributed by atoms with Crippen molar-refractivity contribution in [3.63, 3.8) is 0 Å². The Kier molecular flexibility index (Phi) is 4.82. The van der Waals surface area contributed by atoms with Crippen molar-refractivity contribution in [1.82, 2.24) is 0 Å². The summed E-state index contributed by atoms with van der Waals surface area (Å²) in [6.45, 7) is 3.76. The predicted molar refractivity (Wildman–Crippen MR) is 91.0 cm³/mol. The molecule has 0 bridgehead atoms. The van der Waals surface area contributed by atoms with Crippen LogP contribution in [0, 0.1) is 0 Å². The lowest BCUT2D eigenvalue weighted by molar-refractivity contribution is -0.125. The minimum absolute atomic E-state index is 0.0655. The summed E-state index contributed by atoms with van der Waals surface area (Å²) >= 11 is 0. The van der Waals surface area contributed by atoms with Gasteiger partial charge in [-0.1, -0.05) is 12.2 Å². The number of allylic oxidation sites excluding steroid dienone is 1. The van der Waals surface area contributed by atoms with E-state index in [1.165, 1.54) is 0 Å². The number of anilines is 2. The molecule has 0 spiro atoms. The molecule has 1 atom stereocenters. The molecule has 1 aromatic carbocycles. The first-order chi connectivity index (χ1) is 11.6. The predicted octanol–water partition coefficient (Wildman–Crippen LogP) is 1.37. The van der Waals surface area contributed by atoms with Crippen LogP contribution in [0.25, 0.3) is 6.08 Å². The molecule has 2 fully saturated rings. The molecule has 3 rings (SSSR count). The Labute approximate surface area is 140 Å². The summed E-state index contributed by atoms with van der Waals surface area (Å²) in [7, 11) is 0. The van der Waals surface area contributed by atoms with E-state index in [4.69, 9.17) is 15.2 Å². The Morgan fingerprint density at radius 2 is 2.17 bits per heavy atom. The summed E-state index contributed by atoms with van der Waals surface area (Å²) in [5, 5.41) is 0. The van der Waals surface area contributed by atoms with E-state index in [-0.39, 0.29) is 18.6 Å². The first-order valence-corrected chi connectivity index (χ1v) is 7.97. The third-order valence-corrected chi connectivity index (χ3v) is 4.08. The summed E-state index contributed by atoms with van der Waals surface area (Å²) in [6.07, 6.45) is 3.11. The lowest BCUT2D eigenvalue weighted by atomic mass is 10.1. The number of hydrogen-bond acceptors (Lipinski definition) is 5. The first-order valence-electron chi connectivity index (χ1n) is 7.97. The van der Waals surface area contributed by atoms with Gasteiger partial charge in [-0.25, -0.2) is 4.79 Å². The highest BCUT2D eigenvalue weighted by molar-refractivity contribution is 5.97. The van der Waals surface area contributed by atoms with Crippen molar-refractivity contribution in [2.45, 2.75) is 13.0 Å². The molecule has 0 saturated carbocycles. The molecule has 2 saturated heterocycles. The van der Waals surface area contributed by atoms with Crippen LogP contribution < -0.4 is 15.5 Å². The van der Waals surface area contributed by atoms with Gasteiger partial charge >= 0.3 is 6.09 Å². The van der Waals surface area contributed by atoms with Crippen LogP contribution in [0.5, 0.6) is 0 Å². The second-order valence-corrected chi connectivity index (χ2v) is 5.69. The van der Waals surface area contributed by atoms with E-state index in [2.05, 4.69) is 0 Å². The molecule has 2 amide bonds. The quantitative estimate of drug-likeness (QED) is 0.900. The van der Waals surface area contributed by atoms with E-state index in [0.29, 0.717) is 26.2 Å². The highest BCUT2D eigenvalue weighted by atomic mass is 16.6. The summed E-state index contributed by atoms with van der Waals surface area (Å²) in [5.41, 5.74) is 7.99. The number of nitrogens with two attached hydrogens (primary N) is 1. The van der Waals surface area contributed by atoms with Gasteiger partial charge in [0.25, 0.3) is 5.91 Å². The number of cyclic esters (lactones) is 1. The SMILES string of the molecule is CC=Cc1cc(N2CCOCC2=O)ccc1N1CC(CN)OC1=O. The molecule has 128 valence electrons. The number of rotatable bonds is 4. The number of carbonyl (C=O) groups excluding carboxylic acids is 2. The Balaban J connectivity index is 1.93. The van der Waals surface area contributed by atoms with Crippen LogP contribution in [0.1, 0.15) is 12.5 Å². The molecule has 0 aromatic heterocycles. The monoisotopic (exact) mass is 331 g/mol. The van der Waals surface area contributed by atoms with E-state index in [1.807, 2.05) is 37.3 Å². The summed E-state index contributed by atoms with van der Waals surface area (Å²) in [4.78, 5) is 27.4. The normalized spacial score (nSPS) is 21.7. The van der Waals surface area contributed by atoms with E-state index in [0.717, 1.165) is 16.9 Å². The molecular weight excluding hydrogens is 310 g/mol. The van der Waals surface area contributed by atoms with Crippen molar-refractivity contribution >= 4 is 29.5 Å². The fourth-order valence-corrected chi connectivity index (χ4v) is 2.90. The molecule has 0 aliphatic carbocycles. The largest absolute Gasteiger partial charge is 0.443 e. The minimum atomic E-state index is -0.397. The standard InChI is InChI=1S/C17H21N3O4/c1-2-3-12-8-13(19-6-7-23-11-16(19)21)4-5-15(12)20-10-14(9-18)24-17(20)22/h2-5,8,14H,6-7,9-11,18H2,1H3. The number of hydrogen-bond donors (Lipinski definition) is 1. The van der Waals surface area contributed by atoms with Gasteiger partial charge in [-0.05, 0) is 25.1 Å². The van der Waals surface area contributed by atoms with Gasteiger partial charge < -0.3 is 20.1 Å². The molecule has 1 aromatic rings. The van der Waals surface area contributed by atoms with Gasteiger partial charge in [0.15, 0.2) is 0 Å². The topological polar surface area (TPSA) is 85.1 Å². The van der Waals surface area contributed by atoms with Crippen LogP contribution in [0.4, 0.5) is 16.2 Å². The number of morpholine rings is 1. The molecule has 1 unspecified atom stereocenters. The molecule has 2 aliphatic rings. The van der Waals surface area contributed by atoms with Crippen molar-refractivity contribution in [2.75, 3.05) is 42.6 Å². The molecule has 2 N–H and O–H groups in total. The molecule has 24 heavy (non-hydrogen) atoms. The third kappa shape index (κ3) is 3.13. The molecule has 2 heterocycles. The van der Waals surface area contributed by atoms with Gasteiger partial charge in [-0.15, -0.1) is 0 Å². The lowest BCUT2D eigenvalue weighted by Crippen LogP contribution is -2.41. The molecule has 2 aliphatic heterocycles. The van der Waals surface area contributed by atoms with Gasteiger partial charge in [0.1, 0.15) is 12.7 Å². The van der Waals surface area contributed by atoms with Gasteiger partial charge in [0.05, 0.1) is 18.8 Å². The van der Waals surface area contributed by atoms with Crippen LogP contribution in [0.15, 0.2) is 24.3 Å². The van der Waals surface area contributed by atoms with Gasteiger partial charge in [0, 0.05) is 24.3 Å². The van der Waals surface area contributed by atoms with Crippen molar-refractivity contribution in [2.24, 2.45) is 5.73 Å². The van der Waals surface area contributed by atoms with Crippen molar-refractivity contribution < 1.29 is 19.1 Å². The van der Waals surface area contributed by atoms with E-state index in [9.17, 15) is 9.59 Å². The van der Waals surface area contributed by atoms with Gasteiger partial charge in [-0.2, -0.15) is 0 Å². The fourth-order valence-electron chi connectivity index (χ4n) is 2.90. The Bertz CT molecular complexity index is 674. The second kappa shape index (κ2) is 7.02. The minimum Gasteiger partial charge on any atom is -0.443 e. The van der Waals surface area contributed by atoms with Gasteiger partial charge in [-0.3, -0.25) is 9.69 Å². The molecule has 7 nitrogen and oxygen atoms in total. The highest BCUT2D eigenvalue weighted by Gasteiger charge is 2.32. The molecule has 0 radical (unpaired) electrons. The number of amides is 2. The van der Waals surface area contributed by atoms with Gasteiger partial charge in [0.2, 0.25) is 0 Å². The highest BCUT2D eigenvalue weighted by Crippen LogP contribution is 2.31. The number of carbonyl (C=O) groups is 2. The molecule has 7 heteroatoms.